The van der Waals surface area contributed by atoms with E-state index >= 15 is 4.39 Å². The molecule has 11 heteroatoms. The molecular formula is C32H33F2N4O3S2+. The van der Waals surface area contributed by atoms with E-state index in [0.29, 0.717) is 46.3 Å². The quantitative estimate of drug-likeness (QED) is 0.154. The van der Waals surface area contributed by atoms with Gasteiger partial charge in [0.05, 0.1) is 11.4 Å². The largest absolute Gasteiger partial charge is 0.476 e. The normalized spacial score (nSPS) is 17.1. The minimum atomic E-state index is -2.33. The summed E-state index contributed by atoms with van der Waals surface area (Å²) in [6.45, 7) is 4.42. The summed E-state index contributed by atoms with van der Waals surface area (Å²) in [5.74, 6) is -1.62. The molecule has 7 nitrogen and oxygen atoms in total. The molecule has 224 valence electrons. The lowest BCUT2D eigenvalue weighted by molar-refractivity contribution is 0.0691. The highest BCUT2D eigenvalue weighted by Crippen LogP contribution is 2.41. The van der Waals surface area contributed by atoms with E-state index in [0.717, 1.165) is 48.9 Å². The van der Waals surface area contributed by atoms with Gasteiger partial charge >= 0.3 is 5.97 Å². The highest BCUT2D eigenvalue weighted by Gasteiger charge is 2.30. The molecule has 3 N–H and O–H groups in total. The second-order valence-electron chi connectivity index (χ2n) is 12.2. The molecule has 1 fully saturated rings. The van der Waals surface area contributed by atoms with Crippen molar-refractivity contribution >= 4 is 33.9 Å². The van der Waals surface area contributed by atoms with Crippen LogP contribution in [0, 0.1) is 23.0 Å². The second kappa shape index (κ2) is 11.5. The molecule has 4 aromatic rings. The zero-order chi connectivity index (χ0) is 30.5. The van der Waals surface area contributed by atoms with Crippen molar-refractivity contribution in [1.29, 1.82) is 0 Å². The Labute approximate surface area is 255 Å². The first-order valence-corrected chi connectivity index (χ1v) is 16.5. The number of carbonyl (C=O) groups is 1. The highest BCUT2D eigenvalue weighted by molar-refractivity contribution is 7.82. The van der Waals surface area contributed by atoms with Gasteiger partial charge in [-0.1, -0.05) is 30.2 Å². The fraction of sp³-hybridized carbons (Fsp3) is 0.344. The summed E-state index contributed by atoms with van der Waals surface area (Å²) >= 11 is 1.18. The molecule has 0 amide bonds. The number of halogens is 2. The van der Waals surface area contributed by atoms with E-state index in [-0.39, 0.29) is 21.8 Å². The van der Waals surface area contributed by atoms with Gasteiger partial charge in [-0.05, 0) is 91.3 Å². The number of nitrogens with zero attached hydrogens (tertiary/aromatic N) is 3. The molecule has 0 spiro atoms. The van der Waals surface area contributed by atoms with E-state index in [1.165, 1.54) is 34.9 Å². The van der Waals surface area contributed by atoms with Gasteiger partial charge in [-0.25, -0.2) is 23.2 Å². The predicted molar refractivity (Wildman–Crippen MR) is 165 cm³/mol. The Morgan fingerprint density at radius 3 is 2.60 bits per heavy atom. The number of rotatable bonds is 9. The first-order valence-electron chi connectivity index (χ1n) is 14.3. The molecule has 0 bridgehead atoms. The lowest BCUT2D eigenvalue weighted by Gasteiger charge is -2.29. The van der Waals surface area contributed by atoms with Crippen LogP contribution in [0.25, 0.3) is 22.0 Å². The van der Waals surface area contributed by atoms with Crippen molar-refractivity contribution in [3.8, 4) is 16.4 Å². The number of nitrogens with two attached hydrogens (primary N) is 1. The molecule has 2 aliphatic rings. The summed E-state index contributed by atoms with van der Waals surface area (Å²) in [7, 11) is -2.33. The molecule has 2 aromatic heterocycles. The van der Waals surface area contributed by atoms with Gasteiger partial charge in [-0.15, -0.1) is 16.5 Å². The Bertz CT molecular complexity index is 1790. The summed E-state index contributed by atoms with van der Waals surface area (Å²) in [5.41, 5.74) is 5.27. The average molecular weight is 624 g/mol. The van der Waals surface area contributed by atoms with E-state index in [4.69, 9.17) is 10.2 Å². The summed E-state index contributed by atoms with van der Waals surface area (Å²) in [4.78, 5) is 15.9. The number of benzene rings is 2. The number of thiazole rings is 1. The maximum atomic E-state index is 15.3. The fourth-order valence-electron chi connectivity index (χ4n) is 5.61. The maximum Gasteiger partial charge on any atom is 0.355 e. The molecule has 1 saturated carbocycles. The molecule has 0 radical (unpaired) electrons. The molecule has 1 unspecified atom stereocenters. The minimum Gasteiger partial charge on any atom is -0.476 e. The first kappa shape index (κ1) is 29.5. The Balaban J connectivity index is 1.51. The lowest BCUT2D eigenvalue weighted by Crippen LogP contribution is -2.14. The van der Waals surface area contributed by atoms with Crippen molar-refractivity contribution < 1.29 is 22.9 Å². The van der Waals surface area contributed by atoms with Crippen LogP contribution in [0.2, 0.25) is 0 Å². The first-order chi connectivity index (χ1) is 20.5. The smallest absolute Gasteiger partial charge is 0.355 e. The summed E-state index contributed by atoms with van der Waals surface area (Å²) < 4.78 is 43.6. The molecule has 2 aliphatic carbocycles. The number of thiol groups is 1. The number of aromatic carboxylic acids is 1. The van der Waals surface area contributed by atoms with Crippen LogP contribution in [0.3, 0.4) is 0 Å². The van der Waals surface area contributed by atoms with Crippen LogP contribution in [-0.4, -0.2) is 25.8 Å². The number of hydrogen-bond acceptors (Lipinski definition) is 5. The van der Waals surface area contributed by atoms with Gasteiger partial charge < -0.3 is 5.11 Å². The molecule has 0 aliphatic heterocycles. The van der Waals surface area contributed by atoms with Crippen molar-refractivity contribution in [1.82, 2.24) is 14.8 Å². The van der Waals surface area contributed by atoms with E-state index in [2.05, 4.69) is 24.9 Å². The van der Waals surface area contributed by atoms with Crippen molar-refractivity contribution in [2.45, 2.75) is 63.7 Å². The molecular weight excluding hydrogens is 591 g/mol. The fourth-order valence-corrected chi connectivity index (χ4v) is 6.88. The van der Waals surface area contributed by atoms with Gasteiger partial charge in [0, 0.05) is 28.5 Å². The zero-order valence-corrected chi connectivity index (χ0v) is 25.7. The zero-order valence-electron chi connectivity index (χ0n) is 23.9. The molecule has 6 rings (SSSR count). The van der Waals surface area contributed by atoms with Crippen molar-refractivity contribution in [2.24, 2.45) is 16.5 Å². The van der Waals surface area contributed by atoms with E-state index < -0.39 is 22.8 Å². The van der Waals surface area contributed by atoms with E-state index in [1.807, 2.05) is 6.07 Å². The standard InChI is InChI=1S/C32H32F2N4O3S2/c1-32(2)11-9-20(10-12-32)22-16-21(6-7-24(22)33)29-23(13-19-5-8-28(43(35)41)25(34)14-19)27(15-18-3-4-18)38(37-29)31-36-26(17-42-31)30(39)40/h5-9,14,16-18H,3-4,10-13,15H2,1-2H3,(H2,35,41)(H,39,40)/p+1. The number of hydrogen-bond donors (Lipinski definition) is 2. The number of allylic oxidation sites excluding steroid dienone is 2. The van der Waals surface area contributed by atoms with Crippen LogP contribution in [0.5, 0.6) is 0 Å². The van der Waals surface area contributed by atoms with Crippen molar-refractivity contribution in [3.05, 3.63) is 87.6 Å². The van der Waals surface area contributed by atoms with Gasteiger partial charge in [0.15, 0.2) is 22.5 Å². The van der Waals surface area contributed by atoms with Crippen LogP contribution in [0.15, 0.2) is 52.7 Å². The Hall–Kier alpha value is -3.54. The van der Waals surface area contributed by atoms with Crippen LogP contribution >= 0.6 is 11.3 Å². The summed E-state index contributed by atoms with van der Waals surface area (Å²) in [5, 5.41) is 21.9. The Morgan fingerprint density at radius 1 is 1.19 bits per heavy atom. The number of aromatic nitrogens is 3. The van der Waals surface area contributed by atoms with Crippen LogP contribution in [0.4, 0.5) is 8.78 Å². The number of carboxylic acids is 1. The third kappa shape index (κ3) is 6.25. The van der Waals surface area contributed by atoms with Crippen LogP contribution in [0.1, 0.15) is 78.8 Å². The molecule has 2 aromatic carbocycles. The van der Waals surface area contributed by atoms with Crippen LogP contribution < -0.4 is 5.14 Å². The predicted octanol–water partition coefficient (Wildman–Crippen LogP) is 7.04. The third-order valence-electron chi connectivity index (χ3n) is 8.35. The highest BCUT2D eigenvalue weighted by atomic mass is 32.2. The van der Waals surface area contributed by atoms with E-state index in [1.54, 1.807) is 16.8 Å². The van der Waals surface area contributed by atoms with Gasteiger partial charge in [-0.2, -0.15) is 5.10 Å². The molecule has 43 heavy (non-hydrogen) atoms. The van der Waals surface area contributed by atoms with Gasteiger partial charge in [0.1, 0.15) is 5.82 Å². The second-order valence-corrected chi connectivity index (χ2v) is 14.2. The topological polar surface area (TPSA) is 111 Å². The van der Waals surface area contributed by atoms with Crippen molar-refractivity contribution in [2.75, 3.05) is 0 Å². The SMILES string of the molecule is CC1(C)CC=C(c2cc(-c3nn(-c4nc(C(=O)O)cs4)c(CC4CC4)c3Cc3ccc([SH+](N)=O)c(F)c3)ccc2F)CC1. The van der Waals surface area contributed by atoms with Crippen molar-refractivity contribution in [3.63, 3.8) is 0 Å². The Kier molecular flexibility index (Phi) is 7.91. The number of carboxylic acid groups (broad SMARTS) is 1. The van der Waals surface area contributed by atoms with Gasteiger partial charge in [-0.3, -0.25) is 0 Å². The monoisotopic (exact) mass is 623 g/mol. The Morgan fingerprint density at radius 2 is 1.98 bits per heavy atom. The van der Waals surface area contributed by atoms with Crippen LogP contribution in [-0.2, 0) is 28.0 Å². The lowest BCUT2D eigenvalue weighted by atomic mass is 9.77. The molecule has 2 heterocycles. The van der Waals surface area contributed by atoms with Gasteiger partial charge in [0.2, 0.25) is 10.0 Å². The average Bonchev–Trinajstić information content (AvgIpc) is 3.51. The van der Waals surface area contributed by atoms with E-state index in [9.17, 15) is 18.5 Å². The van der Waals surface area contributed by atoms with Gasteiger partial charge in [0.25, 0.3) is 0 Å². The third-order valence-corrected chi connectivity index (χ3v) is 10.0. The molecule has 0 saturated heterocycles. The summed E-state index contributed by atoms with van der Waals surface area (Å²) in [6.07, 6.45) is 7.84. The maximum absolute atomic E-state index is 15.3. The summed E-state index contributed by atoms with van der Waals surface area (Å²) in [6, 6.07) is 9.50. The molecule has 1 atom stereocenters. The minimum absolute atomic E-state index is 0.0380.